The predicted molar refractivity (Wildman–Crippen MR) is 76.7 cm³/mol. The molecule has 0 bridgehead atoms. The van der Waals surface area contributed by atoms with Crippen LogP contribution in [0.4, 0.5) is 0 Å². The number of benzene rings is 2. The molecule has 0 aliphatic carbocycles. The van der Waals surface area contributed by atoms with E-state index in [4.69, 9.17) is 11.6 Å². The summed E-state index contributed by atoms with van der Waals surface area (Å²) in [6.07, 6.45) is 0. The minimum Gasteiger partial charge on any atom is -0.210 e. The molecular formula is C15H11ClO2S. The number of rotatable bonds is 1. The molecule has 19 heavy (non-hydrogen) atoms. The van der Waals surface area contributed by atoms with Gasteiger partial charge in [-0.1, -0.05) is 29.3 Å². The van der Waals surface area contributed by atoms with Crippen LogP contribution in [0.25, 0.3) is 0 Å². The van der Waals surface area contributed by atoms with E-state index in [1.54, 1.807) is 48.5 Å². The second-order valence-corrected chi connectivity index (χ2v) is 6.17. The summed E-state index contributed by atoms with van der Waals surface area (Å²) in [5.74, 6) is 2.63. The largest absolute Gasteiger partial charge is 0.245 e. The van der Waals surface area contributed by atoms with Gasteiger partial charge in [0.25, 0.3) is 0 Å². The van der Waals surface area contributed by atoms with E-state index in [1.807, 2.05) is 6.92 Å². The minimum atomic E-state index is -3.58. The summed E-state index contributed by atoms with van der Waals surface area (Å²) < 4.78 is 24.0. The first-order chi connectivity index (χ1) is 8.97. The standard InChI is InChI=1S/C15H11ClO2S/c1-12-2-8-15(9-3-12)19(17,18)11-10-13-4-6-14(16)7-5-13/h2-9H,1H3. The van der Waals surface area contributed by atoms with Crippen LogP contribution in [0, 0.1) is 18.1 Å². The second-order valence-electron chi connectivity index (χ2n) is 4.05. The molecule has 2 aromatic rings. The first-order valence-electron chi connectivity index (χ1n) is 5.57. The summed E-state index contributed by atoms with van der Waals surface area (Å²) in [6, 6.07) is 13.3. The Morgan fingerprint density at radius 1 is 0.947 bits per heavy atom. The van der Waals surface area contributed by atoms with Crippen LogP contribution < -0.4 is 0 Å². The summed E-state index contributed by atoms with van der Waals surface area (Å²) >= 11 is 5.75. The number of halogens is 1. The van der Waals surface area contributed by atoms with Crippen molar-refractivity contribution < 1.29 is 8.42 Å². The maximum Gasteiger partial charge on any atom is 0.245 e. The van der Waals surface area contributed by atoms with Gasteiger partial charge in [-0.3, -0.25) is 0 Å². The molecule has 0 spiro atoms. The molecule has 0 heterocycles. The van der Waals surface area contributed by atoms with E-state index in [2.05, 4.69) is 11.2 Å². The molecule has 0 N–H and O–H groups in total. The Labute approximate surface area is 118 Å². The molecule has 0 aliphatic rings. The first kappa shape index (κ1) is 13.7. The van der Waals surface area contributed by atoms with Gasteiger partial charge in [-0.15, -0.1) is 0 Å². The topological polar surface area (TPSA) is 34.1 Å². The summed E-state index contributed by atoms with van der Waals surface area (Å²) in [6.45, 7) is 1.90. The van der Waals surface area contributed by atoms with Crippen molar-refractivity contribution in [1.29, 1.82) is 0 Å². The van der Waals surface area contributed by atoms with Gasteiger partial charge in [-0.2, -0.15) is 0 Å². The van der Waals surface area contributed by atoms with Gasteiger partial charge in [-0.25, -0.2) is 8.42 Å². The quantitative estimate of drug-likeness (QED) is 0.754. The number of aryl methyl sites for hydroxylation is 1. The van der Waals surface area contributed by atoms with Crippen molar-refractivity contribution in [3.8, 4) is 11.2 Å². The van der Waals surface area contributed by atoms with Crippen molar-refractivity contribution in [1.82, 2.24) is 0 Å². The summed E-state index contributed by atoms with van der Waals surface area (Å²) in [5.41, 5.74) is 1.62. The molecule has 0 fully saturated rings. The lowest BCUT2D eigenvalue weighted by atomic mass is 10.2. The molecule has 96 valence electrons. The Hall–Kier alpha value is -1.76. The molecule has 2 rings (SSSR count). The van der Waals surface area contributed by atoms with Crippen LogP contribution >= 0.6 is 11.6 Å². The minimum absolute atomic E-state index is 0.208. The molecule has 0 amide bonds. The zero-order chi connectivity index (χ0) is 13.9. The molecule has 0 radical (unpaired) electrons. The van der Waals surface area contributed by atoms with Crippen LogP contribution in [0.15, 0.2) is 53.4 Å². The Kier molecular flexibility index (Phi) is 3.94. The molecule has 0 aliphatic heterocycles. The molecule has 2 aromatic carbocycles. The van der Waals surface area contributed by atoms with E-state index in [1.165, 1.54) is 0 Å². The van der Waals surface area contributed by atoms with Gasteiger partial charge in [0.05, 0.1) is 4.90 Å². The molecule has 2 nitrogen and oxygen atoms in total. The van der Waals surface area contributed by atoms with Crippen LogP contribution in [0.2, 0.25) is 5.02 Å². The number of sulfone groups is 1. The second kappa shape index (κ2) is 5.48. The third-order valence-electron chi connectivity index (χ3n) is 2.51. The maximum absolute atomic E-state index is 12.0. The van der Waals surface area contributed by atoms with Crippen molar-refractivity contribution in [2.45, 2.75) is 11.8 Å². The van der Waals surface area contributed by atoms with Gasteiger partial charge >= 0.3 is 0 Å². The Morgan fingerprint density at radius 2 is 1.53 bits per heavy atom. The fourth-order valence-electron chi connectivity index (χ4n) is 1.44. The van der Waals surface area contributed by atoms with Crippen LogP contribution in [0.1, 0.15) is 11.1 Å². The molecule has 0 aromatic heterocycles. The molecule has 0 unspecified atom stereocenters. The van der Waals surface area contributed by atoms with Crippen molar-refractivity contribution in [2.75, 3.05) is 0 Å². The normalized spacial score (nSPS) is 10.6. The monoisotopic (exact) mass is 290 g/mol. The van der Waals surface area contributed by atoms with E-state index in [9.17, 15) is 8.42 Å². The van der Waals surface area contributed by atoms with Crippen LogP contribution in [-0.4, -0.2) is 8.42 Å². The summed E-state index contributed by atoms with van der Waals surface area (Å²) in [4.78, 5) is 0.208. The van der Waals surface area contributed by atoms with Crippen LogP contribution in [-0.2, 0) is 9.84 Å². The van der Waals surface area contributed by atoms with Gasteiger partial charge in [-0.05, 0) is 49.2 Å². The highest BCUT2D eigenvalue weighted by atomic mass is 35.5. The summed E-state index contributed by atoms with van der Waals surface area (Å²) in [7, 11) is -3.58. The third kappa shape index (κ3) is 3.60. The predicted octanol–water partition coefficient (Wildman–Crippen LogP) is 3.43. The maximum atomic E-state index is 12.0. The van der Waals surface area contributed by atoms with Gasteiger partial charge in [0.15, 0.2) is 0 Å². The van der Waals surface area contributed by atoms with Crippen LogP contribution in [0.3, 0.4) is 0 Å². The van der Waals surface area contributed by atoms with Gasteiger partial charge in [0.2, 0.25) is 9.84 Å². The molecule has 4 heteroatoms. The average molecular weight is 291 g/mol. The van der Waals surface area contributed by atoms with E-state index >= 15 is 0 Å². The van der Waals surface area contributed by atoms with Crippen molar-refractivity contribution in [3.05, 3.63) is 64.7 Å². The Balaban J connectivity index is 2.32. The van der Waals surface area contributed by atoms with Crippen molar-refractivity contribution >= 4 is 21.4 Å². The zero-order valence-electron chi connectivity index (χ0n) is 10.2. The van der Waals surface area contributed by atoms with Gasteiger partial charge in [0.1, 0.15) is 0 Å². The SMILES string of the molecule is Cc1ccc(S(=O)(=O)C#Cc2ccc(Cl)cc2)cc1. The fraction of sp³-hybridized carbons (Fsp3) is 0.0667. The number of hydrogen-bond acceptors (Lipinski definition) is 2. The molecular weight excluding hydrogens is 280 g/mol. The lowest BCUT2D eigenvalue weighted by Crippen LogP contribution is -1.96. The van der Waals surface area contributed by atoms with Crippen LogP contribution in [0.5, 0.6) is 0 Å². The fourth-order valence-corrected chi connectivity index (χ4v) is 2.43. The van der Waals surface area contributed by atoms with Gasteiger partial charge in [0, 0.05) is 15.8 Å². The molecule has 0 saturated carbocycles. The van der Waals surface area contributed by atoms with Crippen molar-refractivity contribution in [3.63, 3.8) is 0 Å². The summed E-state index contributed by atoms with van der Waals surface area (Å²) in [5, 5.41) is 2.90. The first-order valence-corrected chi connectivity index (χ1v) is 7.43. The molecule has 0 atom stereocenters. The third-order valence-corrected chi connectivity index (χ3v) is 4.02. The van der Waals surface area contributed by atoms with E-state index in [-0.39, 0.29) is 4.90 Å². The lowest BCUT2D eigenvalue weighted by molar-refractivity contribution is 0.606. The van der Waals surface area contributed by atoms with E-state index in [0.29, 0.717) is 10.6 Å². The Morgan fingerprint density at radius 3 is 2.11 bits per heavy atom. The van der Waals surface area contributed by atoms with E-state index < -0.39 is 9.84 Å². The highest BCUT2D eigenvalue weighted by molar-refractivity contribution is 7.96. The highest BCUT2D eigenvalue weighted by Gasteiger charge is 2.09. The highest BCUT2D eigenvalue weighted by Crippen LogP contribution is 2.12. The zero-order valence-corrected chi connectivity index (χ0v) is 11.8. The van der Waals surface area contributed by atoms with Gasteiger partial charge < -0.3 is 0 Å². The van der Waals surface area contributed by atoms with Crippen molar-refractivity contribution in [2.24, 2.45) is 0 Å². The Bertz CT molecular complexity index is 733. The van der Waals surface area contributed by atoms with E-state index in [0.717, 1.165) is 5.56 Å². The number of hydrogen-bond donors (Lipinski definition) is 0. The molecule has 0 saturated heterocycles. The lowest BCUT2D eigenvalue weighted by Gasteiger charge is -1.97. The smallest absolute Gasteiger partial charge is 0.210 e. The average Bonchev–Trinajstić information content (AvgIpc) is 2.39.